The molecule has 5 heteroatoms. The molecule has 0 bridgehead atoms. The van der Waals surface area contributed by atoms with E-state index in [0.29, 0.717) is 5.69 Å². The van der Waals surface area contributed by atoms with Gasteiger partial charge < -0.3 is 10.6 Å². The second kappa shape index (κ2) is 5.61. The smallest absolute Gasteiger partial charge is 0.230 e. The normalized spacial score (nSPS) is 16.8. The molecule has 1 aromatic rings. The van der Waals surface area contributed by atoms with Gasteiger partial charge in [-0.3, -0.25) is 9.59 Å². The minimum absolute atomic E-state index is 0.106. The largest absolute Gasteiger partial charge is 0.326 e. The quantitative estimate of drug-likeness (QED) is 0.891. The van der Waals surface area contributed by atoms with Crippen molar-refractivity contribution in [3.8, 4) is 0 Å². The van der Waals surface area contributed by atoms with E-state index in [1.165, 1.54) is 25.1 Å². The molecule has 0 unspecified atom stereocenters. The molecule has 0 atom stereocenters. The summed E-state index contributed by atoms with van der Waals surface area (Å²) in [5.74, 6) is -0.903. The van der Waals surface area contributed by atoms with Crippen LogP contribution in [0.4, 0.5) is 15.8 Å². The summed E-state index contributed by atoms with van der Waals surface area (Å²) >= 11 is 0. The first-order chi connectivity index (χ1) is 9.40. The number of carbonyl (C=O) groups is 2. The third-order valence-electron chi connectivity index (χ3n) is 3.79. The minimum Gasteiger partial charge on any atom is -0.326 e. The fourth-order valence-electron chi connectivity index (χ4n) is 2.56. The monoisotopic (exact) mass is 278 g/mol. The van der Waals surface area contributed by atoms with Gasteiger partial charge in [-0.25, -0.2) is 4.39 Å². The second-order valence-corrected chi connectivity index (χ2v) is 5.60. The Morgan fingerprint density at radius 2 is 1.85 bits per heavy atom. The molecule has 108 valence electrons. The average molecular weight is 278 g/mol. The van der Waals surface area contributed by atoms with Gasteiger partial charge in [0.15, 0.2) is 0 Å². The number of hydrogen-bond acceptors (Lipinski definition) is 2. The van der Waals surface area contributed by atoms with Gasteiger partial charge in [-0.15, -0.1) is 0 Å². The van der Waals surface area contributed by atoms with E-state index in [2.05, 4.69) is 10.6 Å². The summed E-state index contributed by atoms with van der Waals surface area (Å²) < 4.78 is 13.8. The first-order valence-corrected chi connectivity index (χ1v) is 6.79. The lowest BCUT2D eigenvalue weighted by atomic mass is 9.88. The zero-order valence-electron chi connectivity index (χ0n) is 11.8. The SMILES string of the molecule is CC(=O)Nc1ccc(F)c(NC(=O)C2(C)CCCC2)c1. The van der Waals surface area contributed by atoms with Crippen molar-refractivity contribution in [2.45, 2.75) is 39.5 Å². The molecule has 4 nitrogen and oxygen atoms in total. The zero-order valence-corrected chi connectivity index (χ0v) is 11.8. The molecular weight excluding hydrogens is 259 g/mol. The van der Waals surface area contributed by atoms with Crippen LogP contribution in [0, 0.1) is 11.2 Å². The molecule has 0 aromatic heterocycles. The van der Waals surface area contributed by atoms with Crippen LogP contribution in [0.3, 0.4) is 0 Å². The molecule has 0 radical (unpaired) electrons. The Morgan fingerprint density at radius 3 is 2.45 bits per heavy atom. The van der Waals surface area contributed by atoms with Crippen LogP contribution in [0.25, 0.3) is 0 Å². The molecule has 1 fully saturated rings. The van der Waals surface area contributed by atoms with Gasteiger partial charge >= 0.3 is 0 Å². The van der Waals surface area contributed by atoms with Crippen LogP contribution in [0.2, 0.25) is 0 Å². The van der Waals surface area contributed by atoms with E-state index in [1.54, 1.807) is 0 Å². The molecule has 2 N–H and O–H groups in total. The Bertz CT molecular complexity index is 537. The lowest BCUT2D eigenvalue weighted by Crippen LogP contribution is -2.31. The highest BCUT2D eigenvalue weighted by atomic mass is 19.1. The lowest BCUT2D eigenvalue weighted by Gasteiger charge is -2.22. The first kappa shape index (κ1) is 14.5. The number of rotatable bonds is 3. The van der Waals surface area contributed by atoms with E-state index in [9.17, 15) is 14.0 Å². The molecule has 2 amide bonds. The molecular formula is C15H19FN2O2. The predicted molar refractivity (Wildman–Crippen MR) is 75.9 cm³/mol. The maximum atomic E-state index is 13.8. The van der Waals surface area contributed by atoms with Crippen LogP contribution in [0.1, 0.15) is 39.5 Å². The van der Waals surface area contributed by atoms with Crippen molar-refractivity contribution in [1.82, 2.24) is 0 Å². The fourth-order valence-corrected chi connectivity index (χ4v) is 2.56. The highest BCUT2D eigenvalue weighted by Crippen LogP contribution is 2.38. The topological polar surface area (TPSA) is 58.2 Å². The van der Waals surface area contributed by atoms with E-state index in [1.807, 2.05) is 6.92 Å². The highest BCUT2D eigenvalue weighted by Gasteiger charge is 2.36. The van der Waals surface area contributed by atoms with Gasteiger partial charge in [-0.05, 0) is 31.0 Å². The average Bonchev–Trinajstić information content (AvgIpc) is 2.81. The summed E-state index contributed by atoms with van der Waals surface area (Å²) in [5, 5.41) is 5.21. The van der Waals surface area contributed by atoms with Gasteiger partial charge in [-0.2, -0.15) is 0 Å². The van der Waals surface area contributed by atoms with Crippen LogP contribution >= 0.6 is 0 Å². The number of nitrogens with one attached hydrogen (secondary N) is 2. The molecule has 1 aromatic carbocycles. The summed E-state index contributed by atoms with van der Waals surface area (Å²) in [5.41, 5.74) is 0.149. The van der Waals surface area contributed by atoms with Crippen molar-refractivity contribution in [3.63, 3.8) is 0 Å². The van der Waals surface area contributed by atoms with Crippen LogP contribution in [0.15, 0.2) is 18.2 Å². The summed E-state index contributed by atoms with van der Waals surface area (Å²) in [7, 11) is 0. The molecule has 1 saturated carbocycles. The van der Waals surface area contributed by atoms with E-state index >= 15 is 0 Å². The Labute approximate surface area is 117 Å². The number of anilines is 2. The highest BCUT2D eigenvalue weighted by molar-refractivity contribution is 5.96. The van der Waals surface area contributed by atoms with Crippen LogP contribution < -0.4 is 10.6 Å². The Hall–Kier alpha value is -1.91. The van der Waals surface area contributed by atoms with Gasteiger partial charge in [0.05, 0.1) is 5.69 Å². The van der Waals surface area contributed by atoms with Crippen molar-refractivity contribution in [3.05, 3.63) is 24.0 Å². The standard InChI is InChI=1S/C15H19FN2O2/c1-10(19)17-11-5-6-12(16)13(9-11)18-14(20)15(2)7-3-4-8-15/h5-6,9H,3-4,7-8H2,1-2H3,(H,17,19)(H,18,20). The number of hydrogen-bond donors (Lipinski definition) is 2. The molecule has 0 heterocycles. The van der Waals surface area contributed by atoms with Gasteiger partial charge in [0.2, 0.25) is 11.8 Å². The van der Waals surface area contributed by atoms with Crippen LogP contribution in [-0.4, -0.2) is 11.8 Å². The minimum atomic E-state index is -0.506. The van der Waals surface area contributed by atoms with Gasteiger partial charge in [0, 0.05) is 18.0 Å². The number of carbonyl (C=O) groups excluding carboxylic acids is 2. The third-order valence-corrected chi connectivity index (χ3v) is 3.79. The summed E-state index contributed by atoms with van der Waals surface area (Å²) in [6.45, 7) is 3.28. The van der Waals surface area contributed by atoms with Crippen molar-refractivity contribution in [2.24, 2.45) is 5.41 Å². The molecule has 1 aliphatic rings. The van der Waals surface area contributed by atoms with Crippen molar-refractivity contribution >= 4 is 23.2 Å². The van der Waals surface area contributed by atoms with E-state index in [-0.39, 0.29) is 17.5 Å². The second-order valence-electron chi connectivity index (χ2n) is 5.60. The van der Waals surface area contributed by atoms with E-state index in [4.69, 9.17) is 0 Å². The molecule has 20 heavy (non-hydrogen) atoms. The van der Waals surface area contributed by atoms with Gasteiger partial charge in [0.25, 0.3) is 0 Å². The van der Waals surface area contributed by atoms with Crippen molar-refractivity contribution in [2.75, 3.05) is 10.6 Å². The summed E-state index contributed by atoms with van der Waals surface area (Å²) in [6.07, 6.45) is 3.70. The molecule has 2 rings (SSSR count). The van der Waals surface area contributed by atoms with Gasteiger partial charge in [-0.1, -0.05) is 19.8 Å². The van der Waals surface area contributed by atoms with E-state index < -0.39 is 11.2 Å². The molecule has 0 spiro atoms. The van der Waals surface area contributed by atoms with Crippen molar-refractivity contribution < 1.29 is 14.0 Å². The molecule has 1 aliphatic carbocycles. The molecule has 0 saturated heterocycles. The summed E-state index contributed by atoms with van der Waals surface area (Å²) in [4.78, 5) is 23.3. The van der Waals surface area contributed by atoms with Crippen LogP contribution in [0.5, 0.6) is 0 Å². The van der Waals surface area contributed by atoms with E-state index in [0.717, 1.165) is 25.7 Å². The Morgan fingerprint density at radius 1 is 1.20 bits per heavy atom. The molecule has 0 aliphatic heterocycles. The van der Waals surface area contributed by atoms with Crippen LogP contribution in [-0.2, 0) is 9.59 Å². The number of halogens is 1. The first-order valence-electron chi connectivity index (χ1n) is 6.79. The third kappa shape index (κ3) is 3.15. The predicted octanol–water partition coefficient (Wildman–Crippen LogP) is 3.30. The van der Waals surface area contributed by atoms with Gasteiger partial charge in [0.1, 0.15) is 5.82 Å². The number of benzene rings is 1. The maximum absolute atomic E-state index is 13.8. The lowest BCUT2D eigenvalue weighted by molar-refractivity contribution is -0.124. The maximum Gasteiger partial charge on any atom is 0.230 e. The zero-order chi connectivity index (χ0) is 14.8. The Kier molecular flexibility index (Phi) is 4.06. The van der Waals surface area contributed by atoms with Crippen molar-refractivity contribution in [1.29, 1.82) is 0 Å². The summed E-state index contributed by atoms with van der Waals surface area (Å²) in [6, 6.07) is 4.13. The fraction of sp³-hybridized carbons (Fsp3) is 0.467. The number of amides is 2. The Balaban J connectivity index is 2.15.